The summed E-state index contributed by atoms with van der Waals surface area (Å²) in [6.45, 7) is 1.89. The van der Waals surface area contributed by atoms with Gasteiger partial charge in [-0.25, -0.2) is 4.68 Å². The molecule has 2 rings (SSSR count). The van der Waals surface area contributed by atoms with E-state index in [0.717, 1.165) is 24.1 Å². The van der Waals surface area contributed by atoms with Crippen LogP contribution in [0.5, 0.6) is 0 Å². The predicted molar refractivity (Wildman–Crippen MR) is 50.0 cm³/mol. The quantitative estimate of drug-likeness (QED) is 0.654. The van der Waals surface area contributed by atoms with Crippen molar-refractivity contribution >= 4 is 11.5 Å². The average molecular weight is 176 g/mol. The first-order valence-electron chi connectivity index (χ1n) is 4.52. The number of carbonyl (C=O) groups is 1. The summed E-state index contributed by atoms with van der Waals surface area (Å²) in [5.41, 5.74) is 1.93. The molecule has 0 bridgehead atoms. The van der Waals surface area contributed by atoms with Gasteiger partial charge in [0.05, 0.1) is 0 Å². The molecule has 1 aliphatic carbocycles. The van der Waals surface area contributed by atoms with Crippen LogP contribution in [0.3, 0.4) is 0 Å². The summed E-state index contributed by atoms with van der Waals surface area (Å²) in [4.78, 5) is 11.4. The molecule has 0 spiro atoms. The number of hydrogen-bond donors (Lipinski definition) is 0. The van der Waals surface area contributed by atoms with Crippen molar-refractivity contribution in [2.45, 2.75) is 26.2 Å². The Labute approximate surface area is 77.1 Å². The van der Waals surface area contributed by atoms with Crippen molar-refractivity contribution in [1.82, 2.24) is 9.78 Å². The molecule has 0 saturated carbocycles. The molecule has 0 radical (unpaired) electrons. The fourth-order valence-corrected chi connectivity index (χ4v) is 1.67. The number of Topliss-reactive ketones (excluding diaryl/α,β-unsaturated/α-hetero) is 1. The van der Waals surface area contributed by atoms with Crippen LogP contribution in [0.15, 0.2) is 24.0 Å². The summed E-state index contributed by atoms with van der Waals surface area (Å²) in [6, 6.07) is 1.87. The normalized spacial score (nSPS) is 18.1. The van der Waals surface area contributed by atoms with E-state index in [9.17, 15) is 4.79 Å². The Balaban J connectivity index is 2.42. The van der Waals surface area contributed by atoms with Crippen molar-refractivity contribution in [2.75, 3.05) is 0 Å². The Kier molecular flexibility index (Phi) is 2.00. The standard InChI is InChI=1S/C10H12N2O/c1-8-9(4-2-5-10(8)13)12-7-3-6-11-12/h3,6-7H,2,4-5H2,1H3. The molecule has 1 aliphatic rings. The van der Waals surface area contributed by atoms with E-state index in [-0.39, 0.29) is 5.78 Å². The maximum Gasteiger partial charge on any atom is 0.160 e. The minimum atomic E-state index is 0.261. The number of rotatable bonds is 1. The summed E-state index contributed by atoms with van der Waals surface area (Å²) >= 11 is 0. The smallest absolute Gasteiger partial charge is 0.160 e. The summed E-state index contributed by atoms with van der Waals surface area (Å²) in [7, 11) is 0. The Bertz CT molecular complexity index is 349. The minimum absolute atomic E-state index is 0.261. The number of carbonyl (C=O) groups excluding carboxylic acids is 1. The highest BCUT2D eigenvalue weighted by molar-refractivity contribution is 6.00. The van der Waals surface area contributed by atoms with E-state index in [1.165, 1.54) is 0 Å². The molecular weight excluding hydrogens is 164 g/mol. The molecule has 0 amide bonds. The second-order valence-electron chi connectivity index (χ2n) is 3.30. The first kappa shape index (κ1) is 8.23. The third-order valence-electron chi connectivity index (χ3n) is 2.45. The van der Waals surface area contributed by atoms with Crippen molar-refractivity contribution in [3.63, 3.8) is 0 Å². The molecule has 3 nitrogen and oxygen atoms in total. The molecule has 0 unspecified atom stereocenters. The average Bonchev–Trinajstić information content (AvgIpc) is 2.62. The molecule has 3 heteroatoms. The van der Waals surface area contributed by atoms with Crippen LogP contribution < -0.4 is 0 Å². The monoisotopic (exact) mass is 176 g/mol. The molecule has 0 aromatic carbocycles. The van der Waals surface area contributed by atoms with Crippen LogP contribution in [-0.4, -0.2) is 15.6 Å². The van der Waals surface area contributed by atoms with Gasteiger partial charge < -0.3 is 0 Å². The van der Waals surface area contributed by atoms with Gasteiger partial charge in [0.1, 0.15) is 0 Å². The van der Waals surface area contributed by atoms with Crippen molar-refractivity contribution in [3.05, 3.63) is 24.0 Å². The SMILES string of the molecule is CC1=C(n2cccn2)CCCC1=O. The summed E-state index contributed by atoms with van der Waals surface area (Å²) < 4.78 is 1.80. The van der Waals surface area contributed by atoms with Gasteiger partial charge in [0.2, 0.25) is 0 Å². The number of hydrogen-bond acceptors (Lipinski definition) is 2. The first-order valence-corrected chi connectivity index (χ1v) is 4.52. The molecule has 1 aromatic heterocycles. The summed E-state index contributed by atoms with van der Waals surface area (Å²) in [5.74, 6) is 0.261. The number of ketones is 1. The Hall–Kier alpha value is -1.38. The highest BCUT2D eigenvalue weighted by Crippen LogP contribution is 2.24. The lowest BCUT2D eigenvalue weighted by atomic mass is 9.96. The van der Waals surface area contributed by atoms with Crippen LogP contribution in [0.25, 0.3) is 5.70 Å². The predicted octanol–water partition coefficient (Wildman–Crippen LogP) is 1.87. The zero-order valence-corrected chi connectivity index (χ0v) is 7.66. The Morgan fingerprint density at radius 1 is 1.46 bits per heavy atom. The molecular formula is C10H12N2O. The highest BCUT2D eigenvalue weighted by Gasteiger charge is 2.17. The van der Waals surface area contributed by atoms with Crippen molar-refractivity contribution in [3.8, 4) is 0 Å². The van der Waals surface area contributed by atoms with E-state index < -0.39 is 0 Å². The van der Waals surface area contributed by atoms with E-state index in [1.54, 1.807) is 10.9 Å². The van der Waals surface area contributed by atoms with Gasteiger partial charge in [-0.3, -0.25) is 4.79 Å². The second-order valence-corrected chi connectivity index (χ2v) is 3.30. The van der Waals surface area contributed by atoms with E-state index >= 15 is 0 Å². The van der Waals surface area contributed by atoms with Crippen LogP contribution in [0.1, 0.15) is 26.2 Å². The number of aromatic nitrogens is 2. The van der Waals surface area contributed by atoms with Crippen molar-refractivity contribution in [2.24, 2.45) is 0 Å². The molecule has 68 valence electrons. The van der Waals surface area contributed by atoms with E-state index in [1.807, 2.05) is 19.2 Å². The highest BCUT2D eigenvalue weighted by atomic mass is 16.1. The van der Waals surface area contributed by atoms with Crippen LogP contribution in [0.4, 0.5) is 0 Å². The largest absolute Gasteiger partial charge is 0.294 e. The van der Waals surface area contributed by atoms with Crippen LogP contribution in [0, 0.1) is 0 Å². The topological polar surface area (TPSA) is 34.9 Å². The fourth-order valence-electron chi connectivity index (χ4n) is 1.67. The van der Waals surface area contributed by atoms with Gasteiger partial charge in [-0.2, -0.15) is 5.10 Å². The van der Waals surface area contributed by atoms with Crippen LogP contribution in [-0.2, 0) is 4.79 Å². The van der Waals surface area contributed by atoms with E-state index in [2.05, 4.69) is 5.10 Å². The van der Waals surface area contributed by atoms with Gasteiger partial charge in [0.25, 0.3) is 0 Å². The van der Waals surface area contributed by atoms with Crippen molar-refractivity contribution < 1.29 is 4.79 Å². The fraction of sp³-hybridized carbons (Fsp3) is 0.400. The lowest BCUT2D eigenvalue weighted by Gasteiger charge is -2.16. The van der Waals surface area contributed by atoms with Crippen LogP contribution >= 0.6 is 0 Å². The lowest BCUT2D eigenvalue weighted by molar-refractivity contribution is -0.115. The van der Waals surface area contributed by atoms with Gasteiger partial charge in [-0.1, -0.05) is 0 Å². The van der Waals surface area contributed by atoms with Gasteiger partial charge in [-0.15, -0.1) is 0 Å². The maximum absolute atomic E-state index is 11.4. The van der Waals surface area contributed by atoms with Gasteiger partial charge in [0, 0.05) is 30.1 Å². The Morgan fingerprint density at radius 2 is 2.31 bits per heavy atom. The molecule has 1 heterocycles. The third-order valence-corrected chi connectivity index (χ3v) is 2.45. The summed E-state index contributed by atoms with van der Waals surface area (Å²) in [5, 5.41) is 4.13. The zero-order chi connectivity index (χ0) is 9.26. The van der Waals surface area contributed by atoms with Gasteiger partial charge in [-0.05, 0) is 25.8 Å². The maximum atomic E-state index is 11.4. The minimum Gasteiger partial charge on any atom is -0.294 e. The molecule has 0 aliphatic heterocycles. The number of allylic oxidation sites excluding steroid dienone is 2. The molecule has 0 fully saturated rings. The molecule has 13 heavy (non-hydrogen) atoms. The number of nitrogens with zero attached hydrogens (tertiary/aromatic N) is 2. The van der Waals surface area contributed by atoms with E-state index in [4.69, 9.17) is 0 Å². The van der Waals surface area contributed by atoms with Crippen LogP contribution in [0.2, 0.25) is 0 Å². The molecule has 0 saturated heterocycles. The Morgan fingerprint density at radius 3 is 3.00 bits per heavy atom. The molecule has 0 N–H and O–H groups in total. The molecule has 0 atom stereocenters. The lowest BCUT2D eigenvalue weighted by Crippen LogP contribution is -2.12. The third kappa shape index (κ3) is 1.41. The van der Waals surface area contributed by atoms with Gasteiger partial charge >= 0.3 is 0 Å². The molecule has 1 aromatic rings. The van der Waals surface area contributed by atoms with Gasteiger partial charge in [0.15, 0.2) is 5.78 Å². The van der Waals surface area contributed by atoms with Crippen molar-refractivity contribution in [1.29, 1.82) is 0 Å². The second kappa shape index (κ2) is 3.17. The van der Waals surface area contributed by atoms with E-state index in [0.29, 0.717) is 6.42 Å². The summed E-state index contributed by atoms with van der Waals surface area (Å²) in [6.07, 6.45) is 6.22. The zero-order valence-electron chi connectivity index (χ0n) is 7.66. The first-order chi connectivity index (χ1) is 6.29.